The van der Waals surface area contributed by atoms with Crippen LogP contribution in [0.15, 0.2) is 53.9 Å². The molecule has 1 N–H and O–H groups in total. The Morgan fingerprint density at radius 1 is 1.13 bits per heavy atom. The second-order valence-electron chi connectivity index (χ2n) is 7.15. The molecule has 0 atom stereocenters. The minimum atomic E-state index is -0.00510. The SMILES string of the molecule is CSCc1nc2ccccc2n1CC(=O)NCCc1csc(-c2ccc(C)cc2)n1. The molecule has 0 saturated carbocycles. The van der Waals surface area contributed by atoms with E-state index >= 15 is 0 Å². The molecule has 0 saturated heterocycles. The summed E-state index contributed by atoms with van der Waals surface area (Å²) in [7, 11) is 0. The molecule has 154 valence electrons. The Hall–Kier alpha value is -2.64. The normalized spacial score (nSPS) is 11.1. The van der Waals surface area contributed by atoms with Crippen molar-refractivity contribution in [2.45, 2.75) is 25.6 Å². The molecule has 0 aliphatic heterocycles. The van der Waals surface area contributed by atoms with Crippen molar-refractivity contribution in [3.63, 3.8) is 0 Å². The molecule has 2 aromatic heterocycles. The number of imidazole rings is 1. The predicted octanol–water partition coefficient (Wildman–Crippen LogP) is 4.69. The van der Waals surface area contributed by atoms with Gasteiger partial charge < -0.3 is 9.88 Å². The molecule has 0 unspecified atom stereocenters. The van der Waals surface area contributed by atoms with Crippen molar-refractivity contribution < 1.29 is 4.79 Å². The molecule has 2 heterocycles. The van der Waals surface area contributed by atoms with Gasteiger partial charge in [-0.05, 0) is 25.3 Å². The molecule has 1 amide bonds. The average Bonchev–Trinajstić information content (AvgIpc) is 3.34. The van der Waals surface area contributed by atoms with Gasteiger partial charge in [0.1, 0.15) is 17.4 Å². The van der Waals surface area contributed by atoms with Crippen molar-refractivity contribution in [2.24, 2.45) is 0 Å². The molecule has 0 spiro atoms. The molecule has 4 rings (SSSR count). The Morgan fingerprint density at radius 3 is 2.73 bits per heavy atom. The lowest BCUT2D eigenvalue weighted by atomic mass is 10.2. The van der Waals surface area contributed by atoms with Crippen LogP contribution >= 0.6 is 23.1 Å². The highest BCUT2D eigenvalue weighted by atomic mass is 32.2. The van der Waals surface area contributed by atoms with Gasteiger partial charge in [-0.2, -0.15) is 11.8 Å². The van der Waals surface area contributed by atoms with E-state index in [0.717, 1.165) is 45.3 Å². The molecule has 0 bridgehead atoms. The molecule has 30 heavy (non-hydrogen) atoms. The van der Waals surface area contributed by atoms with E-state index in [2.05, 4.69) is 46.9 Å². The van der Waals surface area contributed by atoms with Crippen LogP contribution in [0.5, 0.6) is 0 Å². The summed E-state index contributed by atoms with van der Waals surface area (Å²) in [5.74, 6) is 1.71. The standard InChI is InChI=1S/C23H24N4OS2/c1-16-7-9-17(10-8-16)23-25-18(14-30-23)11-12-24-22(28)13-27-20-6-4-3-5-19(20)26-21(27)15-29-2/h3-10,14H,11-13,15H2,1-2H3,(H,24,28). The molecule has 5 nitrogen and oxygen atoms in total. The van der Waals surface area contributed by atoms with Crippen LogP contribution in [0.2, 0.25) is 0 Å². The van der Waals surface area contributed by atoms with E-state index in [0.29, 0.717) is 6.54 Å². The molecule has 0 radical (unpaired) electrons. The van der Waals surface area contributed by atoms with Gasteiger partial charge in [-0.25, -0.2) is 9.97 Å². The number of nitrogens with one attached hydrogen (secondary N) is 1. The number of benzene rings is 2. The summed E-state index contributed by atoms with van der Waals surface area (Å²) in [4.78, 5) is 22.0. The van der Waals surface area contributed by atoms with Gasteiger partial charge in [0.15, 0.2) is 0 Å². The summed E-state index contributed by atoms with van der Waals surface area (Å²) in [6, 6.07) is 16.4. The quantitative estimate of drug-likeness (QED) is 0.435. The Bertz CT molecular complexity index is 1150. The van der Waals surface area contributed by atoms with Gasteiger partial charge >= 0.3 is 0 Å². The monoisotopic (exact) mass is 436 g/mol. The number of amides is 1. The van der Waals surface area contributed by atoms with Crippen LogP contribution in [0.1, 0.15) is 17.1 Å². The minimum Gasteiger partial charge on any atom is -0.354 e. The highest BCUT2D eigenvalue weighted by Gasteiger charge is 2.13. The van der Waals surface area contributed by atoms with E-state index in [4.69, 9.17) is 4.98 Å². The zero-order valence-electron chi connectivity index (χ0n) is 17.1. The molecule has 4 aromatic rings. The van der Waals surface area contributed by atoms with Crippen LogP contribution in [0.25, 0.3) is 21.6 Å². The number of aromatic nitrogens is 3. The Balaban J connectivity index is 1.35. The number of carbonyl (C=O) groups excluding carboxylic acids is 1. The van der Waals surface area contributed by atoms with Crippen LogP contribution in [-0.2, 0) is 23.5 Å². The number of hydrogen-bond donors (Lipinski definition) is 1. The fraction of sp³-hybridized carbons (Fsp3) is 0.261. The number of hydrogen-bond acceptors (Lipinski definition) is 5. The van der Waals surface area contributed by atoms with Crippen molar-refractivity contribution in [3.05, 3.63) is 71.0 Å². The maximum absolute atomic E-state index is 12.6. The smallest absolute Gasteiger partial charge is 0.240 e. The van der Waals surface area contributed by atoms with Crippen LogP contribution in [0.4, 0.5) is 0 Å². The first kappa shape index (κ1) is 20.6. The Kier molecular flexibility index (Phi) is 6.50. The van der Waals surface area contributed by atoms with Crippen LogP contribution in [0, 0.1) is 6.92 Å². The third-order valence-electron chi connectivity index (χ3n) is 4.86. The summed E-state index contributed by atoms with van der Waals surface area (Å²) in [5.41, 5.74) is 5.31. The third kappa shape index (κ3) is 4.74. The van der Waals surface area contributed by atoms with Crippen molar-refractivity contribution >= 4 is 40.0 Å². The van der Waals surface area contributed by atoms with Crippen LogP contribution in [-0.4, -0.2) is 33.2 Å². The Labute approximate surface area is 184 Å². The molecule has 0 aliphatic rings. The molecule has 0 fully saturated rings. The van der Waals surface area contributed by atoms with E-state index < -0.39 is 0 Å². The lowest BCUT2D eigenvalue weighted by molar-refractivity contribution is -0.121. The lowest BCUT2D eigenvalue weighted by Crippen LogP contribution is -2.30. The molecule has 0 aliphatic carbocycles. The van der Waals surface area contributed by atoms with E-state index in [-0.39, 0.29) is 12.5 Å². The zero-order valence-corrected chi connectivity index (χ0v) is 18.7. The van der Waals surface area contributed by atoms with Crippen LogP contribution < -0.4 is 5.32 Å². The number of aryl methyl sites for hydroxylation is 1. The van der Waals surface area contributed by atoms with Crippen molar-refractivity contribution in [2.75, 3.05) is 12.8 Å². The topological polar surface area (TPSA) is 59.8 Å². The highest BCUT2D eigenvalue weighted by molar-refractivity contribution is 7.97. The summed E-state index contributed by atoms with van der Waals surface area (Å²) in [6.45, 7) is 2.93. The number of rotatable bonds is 8. The predicted molar refractivity (Wildman–Crippen MR) is 126 cm³/mol. The molecule has 2 aromatic carbocycles. The number of nitrogens with zero attached hydrogens (tertiary/aromatic N) is 3. The molecular formula is C23H24N4OS2. The Morgan fingerprint density at radius 2 is 1.93 bits per heavy atom. The van der Waals surface area contributed by atoms with Gasteiger partial charge in [0.25, 0.3) is 0 Å². The fourth-order valence-corrected chi connectivity index (χ4v) is 4.66. The first-order chi connectivity index (χ1) is 14.6. The van der Waals surface area contributed by atoms with E-state index in [1.165, 1.54) is 5.56 Å². The van der Waals surface area contributed by atoms with Crippen LogP contribution in [0.3, 0.4) is 0 Å². The van der Waals surface area contributed by atoms with Gasteiger partial charge in [-0.1, -0.05) is 42.0 Å². The first-order valence-corrected chi connectivity index (χ1v) is 12.1. The summed E-state index contributed by atoms with van der Waals surface area (Å²) < 4.78 is 2.01. The average molecular weight is 437 g/mol. The number of carbonyl (C=O) groups is 1. The summed E-state index contributed by atoms with van der Waals surface area (Å²) >= 11 is 3.35. The van der Waals surface area contributed by atoms with Crippen molar-refractivity contribution in [1.29, 1.82) is 0 Å². The number of thiazole rings is 1. The molecule has 7 heteroatoms. The van der Waals surface area contributed by atoms with Gasteiger partial charge in [0.2, 0.25) is 5.91 Å². The second-order valence-corrected chi connectivity index (χ2v) is 8.87. The van der Waals surface area contributed by atoms with Crippen molar-refractivity contribution in [1.82, 2.24) is 19.9 Å². The first-order valence-electron chi connectivity index (χ1n) is 9.85. The summed E-state index contributed by atoms with van der Waals surface area (Å²) in [6.07, 6.45) is 2.76. The maximum Gasteiger partial charge on any atom is 0.240 e. The van der Waals surface area contributed by atoms with E-state index in [9.17, 15) is 4.79 Å². The molecular weight excluding hydrogens is 412 g/mol. The van der Waals surface area contributed by atoms with Crippen molar-refractivity contribution in [3.8, 4) is 10.6 Å². The lowest BCUT2D eigenvalue weighted by Gasteiger charge is -2.09. The fourth-order valence-electron chi connectivity index (χ4n) is 3.32. The van der Waals surface area contributed by atoms with E-state index in [1.54, 1.807) is 23.1 Å². The summed E-state index contributed by atoms with van der Waals surface area (Å²) in [5, 5.41) is 6.12. The van der Waals surface area contributed by atoms with E-state index in [1.807, 2.05) is 35.1 Å². The highest BCUT2D eigenvalue weighted by Crippen LogP contribution is 2.24. The number of thioether (sulfide) groups is 1. The maximum atomic E-state index is 12.6. The number of para-hydroxylation sites is 2. The zero-order chi connectivity index (χ0) is 20.9. The second kappa shape index (κ2) is 9.45. The minimum absolute atomic E-state index is 0.00510. The van der Waals surface area contributed by atoms with Gasteiger partial charge in [0, 0.05) is 23.9 Å². The largest absolute Gasteiger partial charge is 0.354 e. The third-order valence-corrected chi connectivity index (χ3v) is 6.35. The van der Waals surface area contributed by atoms with Gasteiger partial charge in [-0.3, -0.25) is 4.79 Å². The number of fused-ring (bicyclic) bond motifs is 1. The van der Waals surface area contributed by atoms with Gasteiger partial charge in [0.05, 0.1) is 22.5 Å². The van der Waals surface area contributed by atoms with Gasteiger partial charge in [-0.15, -0.1) is 11.3 Å².